The number of esters is 1. The number of benzene rings is 2. The number of hydrogen-bond acceptors (Lipinski definition) is 3. The van der Waals surface area contributed by atoms with Crippen molar-refractivity contribution in [3.8, 4) is 0 Å². The second kappa shape index (κ2) is 6.43. The Balaban J connectivity index is 1.80. The van der Waals surface area contributed by atoms with E-state index in [9.17, 15) is 14.0 Å². The molecule has 2 aromatic rings. The Labute approximate surface area is 139 Å². The van der Waals surface area contributed by atoms with Crippen molar-refractivity contribution >= 4 is 17.6 Å². The summed E-state index contributed by atoms with van der Waals surface area (Å²) in [5.41, 5.74) is 2.73. The lowest BCUT2D eigenvalue weighted by atomic mass is 9.92. The van der Waals surface area contributed by atoms with Crippen molar-refractivity contribution in [2.24, 2.45) is 0 Å². The number of nitrogens with one attached hydrogen (secondary N) is 1. The van der Waals surface area contributed by atoms with Crippen LogP contribution < -0.4 is 5.32 Å². The second-order valence-corrected chi connectivity index (χ2v) is 6.17. The Morgan fingerprint density at radius 3 is 2.75 bits per heavy atom. The first kappa shape index (κ1) is 16.2. The normalized spacial score (nSPS) is 16.5. The summed E-state index contributed by atoms with van der Waals surface area (Å²) in [6, 6.07) is 11.2. The molecule has 0 fully saturated rings. The van der Waals surface area contributed by atoms with Gasteiger partial charge in [-0.2, -0.15) is 0 Å². The summed E-state index contributed by atoms with van der Waals surface area (Å²) in [7, 11) is 0. The number of hydrogen-bond donors (Lipinski definition) is 1. The van der Waals surface area contributed by atoms with E-state index < -0.39 is 23.8 Å². The fourth-order valence-corrected chi connectivity index (χ4v) is 2.71. The third-order valence-electron chi connectivity index (χ3n) is 4.06. The maximum atomic E-state index is 13.2. The van der Waals surface area contributed by atoms with E-state index >= 15 is 0 Å². The molecule has 124 valence electrons. The average Bonchev–Trinajstić information content (AvgIpc) is 2.54. The molecule has 4 nitrogen and oxygen atoms in total. The summed E-state index contributed by atoms with van der Waals surface area (Å²) in [5.74, 6) is -1.09. The Hall–Kier alpha value is -2.69. The lowest BCUT2D eigenvalue weighted by molar-refractivity contribution is -0.125. The predicted octanol–water partition coefficient (Wildman–Crippen LogP) is 3.67. The van der Waals surface area contributed by atoms with Crippen LogP contribution in [0.25, 0.3) is 0 Å². The monoisotopic (exact) mass is 327 g/mol. The second-order valence-electron chi connectivity index (χ2n) is 6.17. The fourth-order valence-electron chi connectivity index (χ4n) is 2.71. The lowest BCUT2D eigenvalue weighted by Gasteiger charge is -2.24. The summed E-state index contributed by atoms with van der Waals surface area (Å²) in [5, 5.41) is 2.59. The van der Waals surface area contributed by atoms with Gasteiger partial charge in [0.1, 0.15) is 5.82 Å². The molecule has 0 aliphatic carbocycles. The number of halogens is 1. The highest BCUT2D eigenvalue weighted by Crippen LogP contribution is 2.26. The third kappa shape index (κ3) is 3.30. The van der Waals surface area contributed by atoms with Crippen LogP contribution in [0.3, 0.4) is 0 Å². The zero-order valence-electron chi connectivity index (χ0n) is 13.5. The van der Waals surface area contributed by atoms with Gasteiger partial charge in [0, 0.05) is 12.1 Å². The topological polar surface area (TPSA) is 55.4 Å². The van der Waals surface area contributed by atoms with Crippen LogP contribution in [0.1, 0.15) is 41.3 Å². The molecule has 0 saturated heterocycles. The van der Waals surface area contributed by atoms with Gasteiger partial charge in [-0.1, -0.05) is 32.0 Å². The molecule has 0 saturated carbocycles. The molecule has 1 N–H and O–H groups in total. The molecule has 1 aliphatic heterocycles. The van der Waals surface area contributed by atoms with Crippen LogP contribution in [0.2, 0.25) is 0 Å². The molecule has 1 heterocycles. The number of rotatable bonds is 3. The summed E-state index contributed by atoms with van der Waals surface area (Å²) in [6.45, 7) is 4.13. The molecule has 0 spiro atoms. The van der Waals surface area contributed by atoms with Gasteiger partial charge in [-0.3, -0.25) is 4.79 Å². The Morgan fingerprint density at radius 1 is 1.25 bits per heavy atom. The van der Waals surface area contributed by atoms with Crippen LogP contribution in [0.5, 0.6) is 0 Å². The number of carbonyl (C=O) groups is 2. The molecule has 1 unspecified atom stereocenters. The van der Waals surface area contributed by atoms with Crippen LogP contribution in [0.4, 0.5) is 10.1 Å². The van der Waals surface area contributed by atoms with E-state index in [-0.39, 0.29) is 0 Å². The number of carbonyl (C=O) groups excluding carboxylic acids is 2. The molecule has 0 radical (unpaired) electrons. The number of amides is 1. The molecule has 1 atom stereocenters. The van der Waals surface area contributed by atoms with Crippen LogP contribution in [-0.4, -0.2) is 18.0 Å². The molecule has 0 aromatic heterocycles. The highest BCUT2D eigenvalue weighted by Gasteiger charge is 2.31. The van der Waals surface area contributed by atoms with Gasteiger partial charge in [-0.05, 0) is 41.3 Å². The van der Waals surface area contributed by atoms with Crippen LogP contribution in [0.15, 0.2) is 42.5 Å². The van der Waals surface area contributed by atoms with E-state index in [1.165, 1.54) is 18.2 Å². The van der Waals surface area contributed by atoms with E-state index in [1.54, 1.807) is 12.1 Å². The lowest BCUT2D eigenvalue weighted by Crippen LogP contribution is -2.38. The molecular formula is C19H18FNO3. The molecule has 3 rings (SSSR count). The molecule has 2 aromatic carbocycles. The van der Waals surface area contributed by atoms with Crippen LogP contribution >= 0.6 is 0 Å². The summed E-state index contributed by atoms with van der Waals surface area (Å²) in [6.07, 6.45) is -0.612. The van der Waals surface area contributed by atoms with E-state index in [4.69, 9.17) is 4.74 Å². The standard InChI is InChI=1S/C19H18FNO3/c1-11(2)12-6-7-16-13(8-12)9-17(24-19(16)23)18(22)21-15-5-3-4-14(20)10-15/h3-8,10-11,17H,9H2,1-2H3,(H,21,22). The molecule has 1 aliphatic rings. The quantitative estimate of drug-likeness (QED) is 0.875. The van der Waals surface area contributed by atoms with Gasteiger partial charge in [-0.25, -0.2) is 9.18 Å². The van der Waals surface area contributed by atoms with E-state index in [1.807, 2.05) is 12.1 Å². The number of fused-ring (bicyclic) bond motifs is 1. The number of ether oxygens (including phenoxy) is 1. The van der Waals surface area contributed by atoms with Gasteiger partial charge < -0.3 is 10.1 Å². The van der Waals surface area contributed by atoms with E-state index in [2.05, 4.69) is 19.2 Å². The largest absolute Gasteiger partial charge is 0.448 e. The minimum absolute atomic E-state index is 0.308. The van der Waals surface area contributed by atoms with E-state index in [0.717, 1.165) is 11.1 Å². The van der Waals surface area contributed by atoms with Crippen LogP contribution in [-0.2, 0) is 16.0 Å². The predicted molar refractivity (Wildman–Crippen MR) is 88.5 cm³/mol. The van der Waals surface area contributed by atoms with Gasteiger partial charge >= 0.3 is 5.97 Å². The highest BCUT2D eigenvalue weighted by molar-refractivity contribution is 6.00. The number of anilines is 1. The van der Waals surface area contributed by atoms with Crippen molar-refractivity contribution in [1.29, 1.82) is 0 Å². The smallest absolute Gasteiger partial charge is 0.339 e. The van der Waals surface area contributed by atoms with Crippen LogP contribution in [0, 0.1) is 5.82 Å². The molecule has 5 heteroatoms. The van der Waals surface area contributed by atoms with Crippen molar-refractivity contribution in [2.75, 3.05) is 5.32 Å². The Morgan fingerprint density at radius 2 is 2.04 bits per heavy atom. The van der Waals surface area contributed by atoms with Crippen molar-refractivity contribution in [3.05, 3.63) is 65.0 Å². The van der Waals surface area contributed by atoms with Crippen molar-refractivity contribution in [3.63, 3.8) is 0 Å². The van der Waals surface area contributed by atoms with Gasteiger partial charge in [-0.15, -0.1) is 0 Å². The summed E-state index contributed by atoms with van der Waals surface area (Å²) >= 11 is 0. The maximum Gasteiger partial charge on any atom is 0.339 e. The molecule has 0 bridgehead atoms. The summed E-state index contributed by atoms with van der Waals surface area (Å²) < 4.78 is 18.4. The molecule has 24 heavy (non-hydrogen) atoms. The van der Waals surface area contributed by atoms with Gasteiger partial charge in [0.15, 0.2) is 6.10 Å². The van der Waals surface area contributed by atoms with Gasteiger partial charge in [0.25, 0.3) is 5.91 Å². The van der Waals surface area contributed by atoms with Crippen molar-refractivity contribution in [2.45, 2.75) is 32.3 Å². The maximum absolute atomic E-state index is 13.2. The average molecular weight is 327 g/mol. The first-order valence-electron chi connectivity index (χ1n) is 7.84. The Bertz CT molecular complexity index is 801. The van der Waals surface area contributed by atoms with Crippen molar-refractivity contribution in [1.82, 2.24) is 0 Å². The zero-order chi connectivity index (χ0) is 17.3. The zero-order valence-corrected chi connectivity index (χ0v) is 13.5. The summed E-state index contributed by atoms with van der Waals surface area (Å²) in [4.78, 5) is 24.5. The minimum Gasteiger partial charge on any atom is -0.448 e. The SMILES string of the molecule is CC(C)c1ccc2c(c1)CC(C(=O)Nc1cccc(F)c1)OC2=O. The molecule has 1 amide bonds. The van der Waals surface area contributed by atoms with Gasteiger partial charge in [0.05, 0.1) is 5.56 Å². The first-order valence-corrected chi connectivity index (χ1v) is 7.84. The molecular weight excluding hydrogens is 309 g/mol. The van der Waals surface area contributed by atoms with Crippen molar-refractivity contribution < 1.29 is 18.7 Å². The number of cyclic esters (lactones) is 1. The Kier molecular flexibility index (Phi) is 4.34. The van der Waals surface area contributed by atoms with E-state index in [0.29, 0.717) is 23.6 Å². The van der Waals surface area contributed by atoms with Gasteiger partial charge in [0.2, 0.25) is 0 Å². The fraction of sp³-hybridized carbons (Fsp3) is 0.263. The third-order valence-corrected chi connectivity index (χ3v) is 4.06. The first-order chi connectivity index (χ1) is 11.4. The highest BCUT2D eigenvalue weighted by atomic mass is 19.1. The minimum atomic E-state index is -0.921.